The van der Waals surface area contributed by atoms with Gasteiger partial charge in [0.1, 0.15) is 5.75 Å². The van der Waals surface area contributed by atoms with Gasteiger partial charge in [-0.05, 0) is 44.5 Å². The van der Waals surface area contributed by atoms with Gasteiger partial charge >= 0.3 is 0 Å². The highest BCUT2D eigenvalue weighted by molar-refractivity contribution is 5.96. The summed E-state index contributed by atoms with van der Waals surface area (Å²) in [6, 6.07) is 15.6. The fourth-order valence-electron chi connectivity index (χ4n) is 3.18. The Morgan fingerprint density at radius 2 is 1.92 bits per heavy atom. The average molecular weight is 339 g/mol. The molecule has 2 aromatic carbocycles. The van der Waals surface area contributed by atoms with Crippen molar-refractivity contribution < 1.29 is 14.3 Å². The van der Waals surface area contributed by atoms with Crippen molar-refractivity contribution in [1.82, 2.24) is 4.90 Å². The summed E-state index contributed by atoms with van der Waals surface area (Å²) in [6.45, 7) is 7.22. The summed E-state index contributed by atoms with van der Waals surface area (Å²) in [5.74, 6) is 0.789. The SMILES string of the molecule is COc1ccc(C(=O)N2CC(C)OCC2(C)C)cc1-c1ccccc1. The van der Waals surface area contributed by atoms with Crippen molar-refractivity contribution in [2.24, 2.45) is 0 Å². The van der Waals surface area contributed by atoms with Gasteiger partial charge in [0.15, 0.2) is 0 Å². The van der Waals surface area contributed by atoms with Crippen molar-refractivity contribution in [3.05, 3.63) is 54.1 Å². The first kappa shape index (κ1) is 17.5. The predicted molar refractivity (Wildman–Crippen MR) is 99.0 cm³/mol. The van der Waals surface area contributed by atoms with Gasteiger partial charge < -0.3 is 14.4 Å². The van der Waals surface area contributed by atoms with Gasteiger partial charge in [0.2, 0.25) is 0 Å². The van der Waals surface area contributed by atoms with Crippen LogP contribution in [-0.2, 0) is 4.74 Å². The number of benzene rings is 2. The summed E-state index contributed by atoms with van der Waals surface area (Å²) in [5.41, 5.74) is 2.30. The molecule has 2 aromatic rings. The Bertz CT molecular complexity index is 755. The number of ether oxygens (including phenoxy) is 2. The Morgan fingerprint density at radius 1 is 1.20 bits per heavy atom. The van der Waals surface area contributed by atoms with Gasteiger partial charge in [-0.25, -0.2) is 0 Å². The van der Waals surface area contributed by atoms with Gasteiger partial charge in [-0.15, -0.1) is 0 Å². The van der Waals surface area contributed by atoms with Crippen molar-refractivity contribution in [2.75, 3.05) is 20.3 Å². The third-order valence-corrected chi connectivity index (χ3v) is 4.67. The molecule has 132 valence electrons. The van der Waals surface area contributed by atoms with E-state index < -0.39 is 0 Å². The number of hydrogen-bond donors (Lipinski definition) is 0. The molecule has 0 spiro atoms. The van der Waals surface area contributed by atoms with Crippen LogP contribution in [0, 0.1) is 0 Å². The van der Waals surface area contributed by atoms with Crippen molar-refractivity contribution in [3.8, 4) is 16.9 Å². The second-order valence-electron chi connectivity index (χ2n) is 7.13. The van der Waals surface area contributed by atoms with E-state index in [0.717, 1.165) is 16.9 Å². The normalized spacial score (nSPS) is 19.5. The van der Waals surface area contributed by atoms with Crippen LogP contribution in [0.3, 0.4) is 0 Å². The van der Waals surface area contributed by atoms with Crippen molar-refractivity contribution >= 4 is 5.91 Å². The van der Waals surface area contributed by atoms with Crippen LogP contribution in [0.1, 0.15) is 31.1 Å². The molecule has 25 heavy (non-hydrogen) atoms. The van der Waals surface area contributed by atoms with Gasteiger partial charge in [-0.3, -0.25) is 4.79 Å². The molecule has 1 saturated heterocycles. The highest BCUT2D eigenvalue weighted by Gasteiger charge is 2.37. The smallest absolute Gasteiger partial charge is 0.254 e. The Balaban J connectivity index is 1.99. The molecule has 0 saturated carbocycles. The fourth-order valence-corrected chi connectivity index (χ4v) is 3.18. The minimum atomic E-state index is -0.323. The summed E-state index contributed by atoms with van der Waals surface area (Å²) in [5, 5.41) is 0. The molecule has 4 nitrogen and oxygen atoms in total. The first-order chi connectivity index (χ1) is 11.9. The van der Waals surface area contributed by atoms with E-state index in [1.165, 1.54) is 0 Å². The van der Waals surface area contributed by atoms with Crippen LogP contribution in [0.5, 0.6) is 5.75 Å². The van der Waals surface area contributed by atoms with Crippen molar-refractivity contribution in [2.45, 2.75) is 32.4 Å². The van der Waals surface area contributed by atoms with Crippen LogP contribution < -0.4 is 4.74 Å². The van der Waals surface area contributed by atoms with Crippen LogP contribution in [0.15, 0.2) is 48.5 Å². The van der Waals surface area contributed by atoms with Gasteiger partial charge in [0.25, 0.3) is 5.91 Å². The zero-order valence-electron chi connectivity index (χ0n) is 15.3. The number of nitrogens with zero attached hydrogens (tertiary/aromatic N) is 1. The van der Waals surface area contributed by atoms with E-state index in [2.05, 4.69) is 0 Å². The highest BCUT2D eigenvalue weighted by atomic mass is 16.5. The van der Waals surface area contributed by atoms with Gasteiger partial charge in [0, 0.05) is 17.7 Å². The molecular formula is C21H25NO3. The Labute approximate surface area is 149 Å². The maximum atomic E-state index is 13.2. The van der Waals surface area contributed by atoms with E-state index in [-0.39, 0.29) is 17.6 Å². The summed E-state index contributed by atoms with van der Waals surface area (Å²) in [7, 11) is 1.65. The minimum absolute atomic E-state index is 0.0278. The van der Waals surface area contributed by atoms with Crippen LogP contribution in [-0.4, -0.2) is 42.7 Å². The van der Waals surface area contributed by atoms with E-state index >= 15 is 0 Å². The number of hydrogen-bond acceptors (Lipinski definition) is 3. The number of rotatable bonds is 3. The molecule has 1 aliphatic heterocycles. The zero-order valence-corrected chi connectivity index (χ0v) is 15.3. The summed E-state index contributed by atoms with van der Waals surface area (Å²) in [6.07, 6.45) is 0.0452. The molecule has 1 unspecified atom stereocenters. The molecule has 0 N–H and O–H groups in total. The number of amides is 1. The van der Waals surface area contributed by atoms with Crippen LogP contribution in [0.25, 0.3) is 11.1 Å². The summed E-state index contributed by atoms with van der Waals surface area (Å²) >= 11 is 0. The zero-order chi connectivity index (χ0) is 18.0. The third-order valence-electron chi connectivity index (χ3n) is 4.67. The largest absolute Gasteiger partial charge is 0.496 e. The maximum absolute atomic E-state index is 13.2. The lowest BCUT2D eigenvalue weighted by molar-refractivity contribution is -0.0755. The lowest BCUT2D eigenvalue weighted by Crippen LogP contribution is -2.57. The molecular weight excluding hydrogens is 314 g/mol. The second kappa shape index (κ2) is 6.89. The van der Waals surface area contributed by atoms with Gasteiger partial charge in [-0.2, -0.15) is 0 Å². The van der Waals surface area contributed by atoms with E-state index in [1.54, 1.807) is 7.11 Å². The first-order valence-electron chi connectivity index (χ1n) is 8.59. The maximum Gasteiger partial charge on any atom is 0.254 e. The average Bonchev–Trinajstić information content (AvgIpc) is 2.63. The summed E-state index contributed by atoms with van der Waals surface area (Å²) < 4.78 is 11.2. The van der Waals surface area contributed by atoms with Crippen LogP contribution in [0.4, 0.5) is 0 Å². The quantitative estimate of drug-likeness (QED) is 0.848. The van der Waals surface area contributed by atoms with Crippen LogP contribution >= 0.6 is 0 Å². The first-order valence-corrected chi connectivity index (χ1v) is 8.59. The molecule has 1 heterocycles. The van der Waals surface area contributed by atoms with E-state index in [4.69, 9.17) is 9.47 Å². The van der Waals surface area contributed by atoms with E-state index in [9.17, 15) is 4.79 Å². The van der Waals surface area contributed by atoms with Crippen molar-refractivity contribution in [3.63, 3.8) is 0 Å². The third kappa shape index (κ3) is 3.54. The Hall–Kier alpha value is -2.33. The number of carbonyl (C=O) groups is 1. The number of carbonyl (C=O) groups excluding carboxylic acids is 1. The molecule has 4 heteroatoms. The fraction of sp³-hybridized carbons (Fsp3) is 0.381. The molecule has 3 rings (SSSR count). The Kier molecular flexibility index (Phi) is 4.82. The Morgan fingerprint density at radius 3 is 2.60 bits per heavy atom. The number of methoxy groups -OCH3 is 1. The van der Waals surface area contributed by atoms with Gasteiger partial charge in [0.05, 0.1) is 25.4 Å². The lowest BCUT2D eigenvalue weighted by Gasteiger charge is -2.44. The molecule has 1 fully saturated rings. The second-order valence-corrected chi connectivity index (χ2v) is 7.13. The lowest BCUT2D eigenvalue weighted by atomic mass is 9.97. The number of morpholine rings is 1. The monoisotopic (exact) mass is 339 g/mol. The standard InChI is InChI=1S/C21H25NO3/c1-15-13-22(21(2,3)14-25-15)20(23)17-10-11-19(24-4)18(12-17)16-8-6-5-7-9-16/h5-12,15H,13-14H2,1-4H3. The predicted octanol–water partition coefficient (Wildman–Crippen LogP) is 4.00. The highest BCUT2D eigenvalue weighted by Crippen LogP contribution is 2.32. The molecule has 0 aliphatic carbocycles. The minimum Gasteiger partial charge on any atom is -0.496 e. The van der Waals surface area contributed by atoms with Crippen molar-refractivity contribution in [1.29, 1.82) is 0 Å². The summed E-state index contributed by atoms with van der Waals surface area (Å²) in [4.78, 5) is 15.1. The molecule has 1 aliphatic rings. The van der Waals surface area contributed by atoms with Gasteiger partial charge in [-0.1, -0.05) is 30.3 Å². The topological polar surface area (TPSA) is 38.8 Å². The van der Waals surface area contributed by atoms with Crippen LogP contribution in [0.2, 0.25) is 0 Å². The van der Waals surface area contributed by atoms with E-state index in [0.29, 0.717) is 18.7 Å². The molecule has 0 aromatic heterocycles. The van der Waals surface area contributed by atoms with E-state index in [1.807, 2.05) is 74.2 Å². The molecule has 0 bridgehead atoms. The molecule has 1 atom stereocenters. The molecule has 1 amide bonds. The molecule has 0 radical (unpaired) electrons.